The molecular weight excluding hydrogens is 404 g/mol. The maximum Gasteiger partial charge on any atom is 0.338 e. The van der Waals surface area contributed by atoms with Gasteiger partial charge in [-0.25, -0.2) is 13.2 Å². The van der Waals surface area contributed by atoms with Gasteiger partial charge in [-0.3, -0.25) is 9.10 Å². The van der Waals surface area contributed by atoms with Gasteiger partial charge in [-0.15, -0.1) is 0 Å². The van der Waals surface area contributed by atoms with Crippen molar-refractivity contribution in [3.05, 3.63) is 59.2 Å². The Morgan fingerprint density at radius 2 is 1.70 bits per heavy atom. The van der Waals surface area contributed by atoms with Gasteiger partial charge in [0.15, 0.2) is 6.61 Å². The quantitative estimate of drug-likeness (QED) is 0.699. The number of rotatable bonds is 4. The molecular formula is C22H24N2O5S. The summed E-state index contributed by atoms with van der Waals surface area (Å²) in [7, 11) is -3.39. The van der Waals surface area contributed by atoms with Gasteiger partial charge in [0.2, 0.25) is 10.0 Å². The highest BCUT2D eigenvalue weighted by molar-refractivity contribution is 7.92. The Kier molecular flexibility index (Phi) is 5.05. The van der Waals surface area contributed by atoms with Gasteiger partial charge in [-0.2, -0.15) is 0 Å². The molecule has 0 radical (unpaired) electrons. The van der Waals surface area contributed by atoms with Crippen LogP contribution in [0.5, 0.6) is 0 Å². The lowest BCUT2D eigenvalue weighted by Gasteiger charge is -2.22. The SMILES string of the molecule is C[C@@H]1Cc2cc(C(=O)OCC(=O)N3c4ccccc4C[C@@H]3C)ccc2N1S(C)(=O)=O. The van der Waals surface area contributed by atoms with Gasteiger partial charge >= 0.3 is 5.97 Å². The van der Waals surface area contributed by atoms with Gasteiger partial charge in [0.05, 0.1) is 17.5 Å². The number of anilines is 2. The Bertz CT molecular complexity index is 1130. The number of carbonyl (C=O) groups excluding carboxylic acids is 2. The van der Waals surface area contributed by atoms with Crippen molar-refractivity contribution >= 4 is 33.3 Å². The molecule has 0 saturated carbocycles. The van der Waals surface area contributed by atoms with Crippen LogP contribution in [0.1, 0.15) is 35.3 Å². The van der Waals surface area contributed by atoms with E-state index in [1.54, 1.807) is 17.0 Å². The van der Waals surface area contributed by atoms with Crippen molar-refractivity contribution in [2.75, 3.05) is 22.1 Å². The second-order valence-corrected chi connectivity index (χ2v) is 9.84. The molecule has 158 valence electrons. The van der Waals surface area contributed by atoms with Gasteiger partial charge < -0.3 is 9.64 Å². The summed E-state index contributed by atoms with van der Waals surface area (Å²) in [6, 6.07) is 12.3. The number of benzene rings is 2. The fourth-order valence-electron chi connectivity index (χ4n) is 4.46. The summed E-state index contributed by atoms with van der Waals surface area (Å²) in [6.07, 6.45) is 2.46. The molecule has 7 nitrogen and oxygen atoms in total. The zero-order valence-corrected chi connectivity index (χ0v) is 18.0. The van der Waals surface area contributed by atoms with Crippen molar-refractivity contribution in [1.82, 2.24) is 0 Å². The predicted octanol–water partition coefficient (Wildman–Crippen LogP) is 2.53. The number of para-hydroxylation sites is 1. The maximum atomic E-state index is 12.7. The van der Waals surface area contributed by atoms with E-state index < -0.39 is 16.0 Å². The molecule has 0 saturated heterocycles. The summed E-state index contributed by atoms with van der Waals surface area (Å²) in [5, 5.41) is 0. The molecule has 4 rings (SSSR count). The lowest BCUT2D eigenvalue weighted by Crippen LogP contribution is -2.38. The van der Waals surface area contributed by atoms with Gasteiger partial charge in [-0.05, 0) is 62.1 Å². The number of amides is 1. The van der Waals surface area contributed by atoms with E-state index in [4.69, 9.17) is 4.74 Å². The molecule has 0 N–H and O–H groups in total. The van der Waals surface area contributed by atoms with E-state index >= 15 is 0 Å². The van der Waals surface area contributed by atoms with Crippen LogP contribution in [0.15, 0.2) is 42.5 Å². The number of hydrogen-bond acceptors (Lipinski definition) is 5. The Hall–Kier alpha value is -2.87. The second kappa shape index (κ2) is 7.43. The molecule has 0 aromatic heterocycles. The Balaban J connectivity index is 1.46. The number of esters is 1. The number of nitrogens with zero attached hydrogens (tertiary/aromatic N) is 2. The van der Waals surface area contributed by atoms with Crippen molar-refractivity contribution in [3.63, 3.8) is 0 Å². The monoisotopic (exact) mass is 428 g/mol. The Morgan fingerprint density at radius 1 is 1.00 bits per heavy atom. The van der Waals surface area contributed by atoms with Gasteiger partial charge in [0, 0.05) is 17.8 Å². The molecule has 2 aromatic rings. The van der Waals surface area contributed by atoms with Crippen LogP contribution in [0.2, 0.25) is 0 Å². The first kappa shape index (κ1) is 20.4. The number of sulfonamides is 1. The fraction of sp³-hybridized carbons (Fsp3) is 0.364. The van der Waals surface area contributed by atoms with E-state index in [9.17, 15) is 18.0 Å². The second-order valence-electron chi connectivity index (χ2n) is 7.98. The number of fused-ring (bicyclic) bond motifs is 2. The van der Waals surface area contributed by atoms with E-state index in [-0.39, 0.29) is 24.6 Å². The Morgan fingerprint density at radius 3 is 2.43 bits per heavy atom. The highest BCUT2D eigenvalue weighted by Crippen LogP contribution is 2.35. The minimum Gasteiger partial charge on any atom is -0.452 e. The highest BCUT2D eigenvalue weighted by Gasteiger charge is 2.34. The smallest absolute Gasteiger partial charge is 0.338 e. The van der Waals surface area contributed by atoms with Crippen molar-refractivity contribution in [2.45, 2.75) is 38.8 Å². The molecule has 2 aliphatic heterocycles. The maximum absolute atomic E-state index is 12.7. The summed E-state index contributed by atoms with van der Waals surface area (Å²) in [5.41, 5.74) is 3.63. The topological polar surface area (TPSA) is 84.0 Å². The zero-order valence-electron chi connectivity index (χ0n) is 17.2. The fourth-order valence-corrected chi connectivity index (χ4v) is 5.72. The summed E-state index contributed by atoms with van der Waals surface area (Å²) < 4.78 is 30.7. The molecule has 0 aliphatic carbocycles. The first-order valence-electron chi connectivity index (χ1n) is 9.86. The molecule has 2 heterocycles. The number of carbonyl (C=O) groups is 2. The standard InChI is InChI=1S/C22H24N2O5S/c1-14-10-16-6-4-5-7-19(16)23(14)21(25)13-29-22(26)17-8-9-20-18(12-17)11-15(2)24(20)30(3,27)28/h4-9,12,14-15H,10-11,13H2,1-3H3/t14-,15+/m0/s1. The first-order chi connectivity index (χ1) is 14.2. The molecule has 2 atom stereocenters. The van der Waals surface area contributed by atoms with E-state index in [0.717, 1.165) is 23.2 Å². The van der Waals surface area contributed by atoms with Crippen LogP contribution in [0.4, 0.5) is 11.4 Å². The van der Waals surface area contributed by atoms with Gasteiger partial charge in [0.1, 0.15) is 0 Å². The Labute approximate surface area is 176 Å². The van der Waals surface area contributed by atoms with Crippen molar-refractivity contribution in [1.29, 1.82) is 0 Å². The lowest BCUT2D eigenvalue weighted by molar-refractivity contribution is -0.122. The minimum atomic E-state index is -3.39. The zero-order chi connectivity index (χ0) is 21.6. The summed E-state index contributed by atoms with van der Waals surface area (Å²) in [5.74, 6) is -0.865. The molecule has 1 amide bonds. The molecule has 2 aromatic carbocycles. The third-order valence-corrected chi connectivity index (χ3v) is 6.90. The molecule has 0 spiro atoms. The van der Waals surface area contributed by atoms with Crippen LogP contribution < -0.4 is 9.21 Å². The molecule has 30 heavy (non-hydrogen) atoms. The number of ether oxygens (including phenoxy) is 1. The van der Waals surface area contributed by atoms with Crippen LogP contribution in [0.3, 0.4) is 0 Å². The molecule has 0 fully saturated rings. The summed E-state index contributed by atoms with van der Waals surface area (Å²) in [4.78, 5) is 26.9. The van der Waals surface area contributed by atoms with E-state index in [1.165, 1.54) is 16.6 Å². The summed E-state index contributed by atoms with van der Waals surface area (Å²) in [6.45, 7) is 3.45. The highest BCUT2D eigenvalue weighted by atomic mass is 32.2. The van der Waals surface area contributed by atoms with E-state index in [2.05, 4.69) is 0 Å². The predicted molar refractivity (Wildman–Crippen MR) is 114 cm³/mol. The molecule has 2 aliphatic rings. The largest absolute Gasteiger partial charge is 0.452 e. The van der Waals surface area contributed by atoms with Crippen LogP contribution >= 0.6 is 0 Å². The van der Waals surface area contributed by atoms with Crippen molar-refractivity contribution in [2.24, 2.45) is 0 Å². The van der Waals surface area contributed by atoms with Crippen molar-refractivity contribution < 1.29 is 22.7 Å². The third-order valence-electron chi connectivity index (χ3n) is 5.63. The van der Waals surface area contributed by atoms with E-state index in [1.807, 2.05) is 38.1 Å². The van der Waals surface area contributed by atoms with Crippen LogP contribution in [0, 0.1) is 0 Å². The minimum absolute atomic E-state index is 0.0112. The normalized spacial score (nSPS) is 20.1. The molecule has 0 unspecified atom stereocenters. The molecule has 8 heteroatoms. The third kappa shape index (κ3) is 3.56. The van der Waals surface area contributed by atoms with Crippen LogP contribution in [-0.2, 0) is 32.4 Å². The van der Waals surface area contributed by atoms with Crippen molar-refractivity contribution in [3.8, 4) is 0 Å². The average Bonchev–Trinajstić information content (AvgIpc) is 3.19. The van der Waals surface area contributed by atoms with E-state index in [0.29, 0.717) is 17.7 Å². The summed E-state index contributed by atoms with van der Waals surface area (Å²) >= 11 is 0. The lowest BCUT2D eigenvalue weighted by atomic mass is 10.1. The first-order valence-corrected chi connectivity index (χ1v) is 11.7. The number of hydrogen-bond donors (Lipinski definition) is 0. The average molecular weight is 429 g/mol. The van der Waals surface area contributed by atoms with Crippen LogP contribution in [-0.4, -0.2) is 45.2 Å². The molecule has 0 bridgehead atoms. The van der Waals surface area contributed by atoms with Gasteiger partial charge in [0.25, 0.3) is 5.91 Å². The van der Waals surface area contributed by atoms with Gasteiger partial charge in [-0.1, -0.05) is 18.2 Å². The van der Waals surface area contributed by atoms with Crippen LogP contribution in [0.25, 0.3) is 0 Å².